The van der Waals surface area contributed by atoms with Crippen LogP contribution in [0, 0.1) is 0 Å². The molecule has 1 amide bonds. The van der Waals surface area contributed by atoms with Crippen molar-refractivity contribution in [2.45, 2.75) is 32.5 Å². The maximum Gasteiger partial charge on any atom is 0.250 e. The van der Waals surface area contributed by atoms with Gasteiger partial charge in [0.05, 0.1) is 6.10 Å². The highest BCUT2D eigenvalue weighted by Crippen LogP contribution is 2.13. The quantitative estimate of drug-likeness (QED) is 0.669. The molecular formula is C14H22N2O3. The van der Waals surface area contributed by atoms with Gasteiger partial charge in [-0.15, -0.1) is 0 Å². The van der Waals surface area contributed by atoms with Crippen LogP contribution in [0.25, 0.3) is 0 Å². The van der Waals surface area contributed by atoms with Gasteiger partial charge in [-0.25, -0.2) is 0 Å². The molecule has 0 aromatic heterocycles. The van der Waals surface area contributed by atoms with Crippen LogP contribution in [0.2, 0.25) is 0 Å². The lowest BCUT2D eigenvalue weighted by Gasteiger charge is -2.11. The Morgan fingerprint density at radius 2 is 2.00 bits per heavy atom. The third-order valence-electron chi connectivity index (χ3n) is 2.53. The van der Waals surface area contributed by atoms with Crippen molar-refractivity contribution in [1.82, 2.24) is 5.32 Å². The number of hydrogen-bond acceptors (Lipinski definition) is 4. The van der Waals surface area contributed by atoms with E-state index in [0.717, 1.165) is 11.3 Å². The summed E-state index contributed by atoms with van der Waals surface area (Å²) in [5, 5.41) is 11.8. The normalized spacial score (nSPS) is 12.3. The van der Waals surface area contributed by atoms with Gasteiger partial charge in [0.2, 0.25) is 5.91 Å². The van der Waals surface area contributed by atoms with Crippen LogP contribution in [0.4, 0.5) is 0 Å². The van der Waals surface area contributed by atoms with Crippen LogP contribution in [0.15, 0.2) is 24.3 Å². The van der Waals surface area contributed by atoms with E-state index in [9.17, 15) is 9.90 Å². The number of nitrogens with two attached hydrogens (primary N) is 1. The van der Waals surface area contributed by atoms with Gasteiger partial charge in [0.15, 0.2) is 0 Å². The number of benzene rings is 1. The van der Waals surface area contributed by atoms with Crippen molar-refractivity contribution in [3.05, 3.63) is 29.8 Å². The minimum Gasteiger partial charge on any atom is -0.491 e. The maximum absolute atomic E-state index is 11.3. The fraction of sp³-hybridized carbons (Fsp3) is 0.500. The van der Waals surface area contributed by atoms with Gasteiger partial charge < -0.3 is 20.9 Å². The van der Waals surface area contributed by atoms with Crippen molar-refractivity contribution < 1.29 is 14.6 Å². The van der Waals surface area contributed by atoms with E-state index >= 15 is 0 Å². The van der Waals surface area contributed by atoms with Crippen LogP contribution >= 0.6 is 0 Å². The van der Waals surface area contributed by atoms with E-state index in [4.69, 9.17) is 10.5 Å². The first-order valence-electron chi connectivity index (χ1n) is 6.44. The zero-order valence-electron chi connectivity index (χ0n) is 11.4. The van der Waals surface area contributed by atoms with Crippen LogP contribution in [0.5, 0.6) is 5.75 Å². The number of hydrogen-bond donors (Lipinski definition) is 3. The number of aliphatic hydroxyl groups is 1. The lowest BCUT2D eigenvalue weighted by atomic mass is 10.1. The van der Waals surface area contributed by atoms with Crippen LogP contribution in [-0.2, 0) is 11.2 Å². The predicted molar refractivity (Wildman–Crippen MR) is 74.0 cm³/mol. The first-order valence-corrected chi connectivity index (χ1v) is 6.44. The molecule has 4 N–H and O–H groups in total. The van der Waals surface area contributed by atoms with Crippen molar-refractivity contribution >= 4 is 5.91 Å². The molecule has 5 heteroatoms. The molecule has 1 aromatic rings. The van der Waals surface area contributed by atoms with Gasteiger partial charge in [-0.2, -0.15) is 0 Å². The summed E-state index contributed by atoms with van der Waals surface area (Å²) in [6.07, 6.45) is -0.268. The number of ether oxygens (including phenoxy) is 1. The molecular weight excluding hydrogens is 244 g/mol. The third-order valence-corrected chi connectivity index (χ3v) is 2.53. The van der Waals surface area contributed by atoms with Crippen molar-refractivity contribution in [2.75, 3.05) is 13.1 Å². The number of carbonyl (C=O) groups excluding carboxylic acids is 1. The highest BCUT2D eigenvalue weighted by Gasteiger charge is 2.11. The second-order valence-electron chi connectivity index (χ2n) is 4.60. The molecule has 1 atom stereocenters. The smallest absolute Gasteiger partial charge is 0.250 e. The van der Waals surface area contributed by atoms with Crippen molar-refractivity contribution in [3.8, 4) is 5.75 Å². The monoisotopic (exact) mass is 266 g/mol. The fourth-order valence-electron chi connectivity index (χ4n) is 1.56. The standard InChI is InChI=1S/C14H22N2O3/c1-10(2)19-12-5-3-11(4-6-12)7-8-16-14(18)13(17)9-15/h3-6,10,13,17H,7-9,15H2,1-2H3,(H,16,18). The molecule has 5 nitrogen and oxygen atoms in total. The lowest BCUT2D eigenvalue weighted by molar-refractivity contribution is -0.128. The zero-order chi connectivity index (χ0) is 14.3. The molecule has 1 unspecified atom stereocenters. The highest BCUT2D eigenvalue weighted by atomic mass is 16.5. The van der Waals surface area contributed by atoms with E-state index in [2.05, 4.69) is 5.32 Å². The Bertz CT molecular complexity index is 390. The predicted octanol–water partition coefficient (Wildman–Crippen LogP) is 0.452. The Hall–Kier alpha value is -1.59. The Morgan fingerprint density at radius 1 is 1.37 bits per heavy atom. The average Bonchev–Trinajstić information content (AvgIpc) is 2.39. The lowest BCUT2D eigenvalue weighted by Crippen LogP contribution is -2.39. The summed E-state index contributed by atoms with van der Waals surface area (Å²) in [6, 6.07) is 7.74. The SMILES string of the molecule is CC(C)Oc1ccc(CCNC(=O)C(O)CN)cc1. The molecule has 0 spiro atoms. The van der Waals surface area contributed by atoms with Crippen LogP contribution in [-0.4, -0.2) is 36.3 Å². The van der Waals surface area contributed by atoms with Crippen molar-refractivity contribution in [2.24, 2.45) is 5.73 Å². The first-order chi connectivity index (χ1) is 9.02. The van der Waals surface area contributed by atoms with E-state index in [-0.39, 0.29) is 12.6 Å². The molecule has 0 fully saturated rings. The number of amides is 1. The molecule has 1 rings (SSSR count). The number of carbonyl (C=O) groups is 1. The zero-order valence-corrected chi connectivity index (χ0v) is 11.4. The number of aliphatic hydroxyl groups excluding tert-OH is 1. The highest BCUT2D eigenvalue weighted by molar-refractivity contribution is 5.80. The summed E-state index contributed by atoms with van der Waals surface area (Å²) in [6.45, 7) is 4.37. The second-order valence-corrected chi connectivity index (χ2v) is 4.60. The summed E-state index contributed by atoms with van der Waals surface area (Å²) < 4.78 is 5.54. The molecule has 0 saturated heterocycles. The molecule has 0 aliphatic rings. The van der Waals surface area contributed by atoms with E-state index in [1.165, 1.54) is 0 Å². The van der Waals surface area contributed by atoms with Crippen molar-refractivity contribution in [3.63, 3.8) is 0 Å². The summed E-state index contributed by atoms with van der Waals surface area (Å²) in [5.74, 6) is 0.406. The number of rotatable bonds is 7. The largest absolute Gasteiger partial charge is 0.491 e. The van der Waals surface area contributed by atoms with Gasteiger partial charge in [-0.1, -0.05) is 12.1 Å². The Morgan fingerprint density at radius 3 is 2.53 bits per heavy atom. The molecule has 1 aromatic carbocycles. The second kappa shape index (κ2) is 7.76. The molecule has 0 radical (unpaired) electrons. The van der Waals surface area contributed by atoms with Crippen LogP contribution in [0.1, 0.15) is 19.4 Å². The minimum absolute atomic E-state index is 0.0624. The molecule has 0 heterocycles. The Balaban J connectivity index is 2.36. The van der Waals surface area contributed by atoms with Gasteiger partial charge in [-0.05, 0) is 38.0 Å². The summed E-state index contributed by atoms with van der Waals surface area (Å²) in [7, 11) is 0. The Kier molecular flexibility index (Phi) is 6.32. The van der Waals surface area contributed by atoms with Gasteiger partial charge in [0.1, 0.15) is 11.9 Å². The maximum atomic E-state index is 11.3. The average molecular weight is 266 g/mol. The topological polar surface area (TPSA) is 84.6 Å². The van der Waals surface area contributed by atoms with Gasteiger partial charge in [-0.3, -0.25) is 4.79 Å². The molecule has 0 saturated carbocycles. The van der Waals surface area contributed by atoms with E-state index in [1.807, 2.05) is 38.1 Å². The van der Waals surface area contributed by atoms with Gasteiger partial charge in [0, 0.05) is 13.1 Å². The van der Waals surface area contributed by atoms with E-state index in [1.54, 1.807) is 0 Å². The number of nitrogens with one attached hydrogen (secondary N) is 1. The molecule has 19 heavy (non-hydrogen) atoms. The van der Waals surface area contributed by atoms with E-state index in [0.29, 0.717) is 13.0 Å². The Labute approximate surface area is 113 Å². The summed E-state index contributed by atoms with van der Waals surface area (Å²) in [5.41, 5.74) is 6.28. The summed E-state index contributed by atoms with van der Waals surface area (Å²) in [4.78, 5) is 11.3. The van der Waals surface area contributed by atoms with E-state index < -0.39 is 12.0 Å². The summed E-state index contributed by atoms with van der Waals surface area (Å²) >= 11 is 0. The third kappa shape index (κ3) is 5.72. The van der Waals surface area contributed by atoms with Crippen LogP contribution < -0.4 is 15.8 Å². The molecule has 0 aliphatic carbocycles. The minimum atomic E-state index is -1.12. The van der Waals surface area contributed by atoms with Gasteiger partial charge in [0.25, 0.3) is 0 Å². The molecule has 0 bridgehead atoms. The fourth-order valence-corrected chi connectivity index (χ4v) is 1.56. The molecule has 0 aliphatic heterocycles. The van der Waals surface area contributed by atoms with Crippen molar-refractivity contribution in [1.29, 1.82) is 0 Å². The van der Waals surface area contributed by atoms with Gasteiger partial charge >= 0.3 is 0 Å². The van der Waals surface area contributed by atoms with Crippen LogP contribution in [0.3, 0.4) is 0 Å². The molecule has 106 valence electrons. The first kappa shape index (κ1) is 15.5.